The van der Waals surface area contributed by atoms with Crippen molar-refractivity contribution >= 4 is 31.3 Å². The summed E-state index contributed by atoms with van der Waals surface area (Å²) in [6, 6.07) is 8.02. The number of hydrogen-bond acceptors (Lipinski definition) is 3. The molecule has 0 saturated carbocycles. The summed E-state index contributed by atoms with van der Waals surface area (Å²) in [4.78, 5) is 0.918. The minimum Gasteiger partial charge on any atom is -0.229 e. The second kappa shape index (κ2) is 3.61. The molecule has 15 heavy (non-hydrogen) atoms. The van der Waals surface area contributed by atoms with E-state index in [4.69, 9.17) is 0 Å². The highest BCUT2D eigenvalue weighted by Crippen LogP contribution is 2.29. The van der Waals surface area contributed by atoms with Gasteiger partial charge in [0.2, 0.25) is 0 Å². The zero-order chi connectivity index (χ0) is 11.1. The first-order valence-electron chi connectivity index (χ1n) is 4.61. The van der Waals surface area contributed by atoms with E-state index < -0.39 is 9.84 Å². The molecule has 0 saturated heterocycles. The second-order valence-corrected chi connectivity index (χ2v) is 7.05. The van der Waals surface area contributed by atoms with Crippen molar-refractivity contribution in [1.82, 2.24) is 0 Å². The molecule has 2 aromatic rings. The van der Waals surface area contributed by atoms with E-state index in [0.29, 0.717) is 0 Å². The molecule has 1 heterocycles. The van der Waals surface area contributed by atoms with Gasteiger partial charge in [-0.15, -0.1) is 11.3 Å². The summed E-state index contributed by atoms with van der Waals surface area (Å²) < 4.78 is 23.5. The first-order valence-corrected chi connectivity index (χ1v) is 7.49. The number of thiophene rings is 1. The minimum atomic E-state index is -2.93. The van der Waals surface area contributed by atoms with Gasteiger partial charge in [-0.1, -0.05) is 18.2 Å². The summed E-state index contributed by atoms with van der Waals surface area (Å²) in [5, 5.41) is 1.14. The van der Waals surface area contributed by atoms with Gasteiger partial charge < -0.3 is 0 Å². The molecule has 0 fully saturated rings. The van der Waals surface area contributed by atoms with Crippen LogP contribution in [0.1, 0.15) is 10.4 Å². The Hall–Kier alpha value is -0.870. The Labute approximate surface area is 93.5 Å². The third-order valence-corrected chi connectivity index (χ3v) is 4.50. The number of hydrogen-bond donors (Lipinski definition) is 0. The lowest BCUT2D eigenvalue weighted by Crippen LogP contribution is -1.98. The Bertz CT molecular complexity index is 594. The highest BCUT2D eigenvalue weighted by atomic mass is 32.2. The van der Waals surface area contributed by atoms with E-state index in [1.165, 1.54) is 16.5 Å². The molecule has 0 N–H and O–H groups in total. The molecule has 0 unspecified atom stereocenters. The quantitative estimate of drug-likeness (QED) is 0.809. The smallest absolute Gasteiger partial charge is 0.152 e. The van der Waals surface area contributed by atoms with E-state index in [9.17, 15) is 8.42 Å². The Kier molecular flexibility index (Phi) is 2.56. The highest BCUT2D eigenvalue weighted by Gasteiger charge is 2.09. The average Bonchev–Trinajstić information content (AvgIpc) is 2.45. The van der Waals surface area contributed by atoms with Gasteiger partial charge in [0, 0.05) is 15.8 Å². The lowest BCUT2D eigenvalue weighted by molar-refractivity contribution is 0.601. The summed E-state index contributed by atoms with van der Waals surface area (Å²) >= 11 is 1.57. The van der Waals surface area contributed by atoms with Crippen LogP contribution in [0.5, 0.6) is 0 Å². The van der Waals surface area contributed by atoms with Crippen LogP contribution in [0.2, 0.25) is 0 Å². The topological polar surface area (TPSA) is 34.1 Å². The third-order valence-electron chi connectivity index (χ3n) is 2.20. The van der Waals surface area contributed by atoms with Gasteiger partial charge >= 0.3 is 0 Å². The van der Waals surface area contributed by atoms with E-state index >= 15 is 0 Å². The number of sulfone groups is 1. The van der Waals surface area contributed by atoms with Crippen molar-refractivity contribution in [3.05, 3.63) is 34.7 Å². The van der Waals surface area contributed by atoms with Crippen LogP contribution in [-0.4, -0.2) is 14.7 Å². The summed E-state index contributed by atoms with van der Waals surface area (Å²) in [5.41, 5.74) is 1.21. The molecule has 0 aliphatic carbocycles. The monoisotopic (exact) mass is 240 g/mol. The largest absolute Gasteiger partial charge is 0.229 e. The van der Waals surface area contributed by atoms with E-state index in [-0.39, 0.29) is 5.75 Å². The molecule has 0 aliphatic heterocycles. The first-order chi connectivity index (χ1) is 6.96. The van der Waals surface area contributed by atoms with Crippen LogP contribution in [0.4, 0.5) is 0 Å². The highest BCUT2D eigenvalue weighted by molar-refractivity contribution is 7.90. The van der Waals surface area contributed by atoms with Gasteiger partial charge in [-0.3, -0.25) is 0 Å². The van der Waals surface area contributed by atoms with Crippen LogP contribution in [0.15, 0.2) is 24.3 Å². The number of rotatable bonds is 2. The van der Waals surface area contributed by atoms with Gasteiger partial charge in [-0.05, 0) is 23.9 Å². The average molecular weight is 240 g/mol. The molecule has 1 aromatic carbocycles. The van der Waals surface area contributed by atoms with Crippen molar-refractivity contribution in [2.24, 2.45) is 0 Å². The van der Waals surface area contributed by atoms with E-state index in [0.717, 1.165) is 10.3 Å². The summed E-state index contributed by atoms with van der Waals surface area (Å²) in [5.74, 6) is 0.145. The number of aryl methyl sites for hydroxylation is 1. The SMILES string of the molecule is Cc1cccc2cc(CS(C)(=O)=O)sc12. The molecule has 80 valence electrons. The molecule has 0 bridgehead atoms. The van der Waals surface area contributed by atoms with Crippen LogP contribution in [-0.2, 0) is 15.6 Å². The Morgan fingerprint density at radius 3 is 2.67 bits per heavy atom. The van der Waals surface area contributed by atoms with Crippen LogP contribution >= 0.6 is 11.3 Å². The van der Waals surface area contributed by atoms with Gasteiger partial charge in [0.15, 0.2) is 9.84 Å². The fraction of sp³-hybridized carbons (Fsp3) is 0.273. The van der Waals surface area contributed by atoms with Crippen LogP contribution in [0, 0.1) is 6.92 Å². The maximum absolute atomic E-state index is 11.2. The molecule has 2 nitrogen and oxygen atoms in total. The lowest BCUT2D eigenvalue weighted by atomic mass is 10.2. The van der Waals surface area contributed by atoms with Gasteiger partial charge in [0.25, 0.3) is 0 Å². The fourth-order valence-electron chi connectivity index (χ4n) is 1.59. The number of fused-ring (bicyclic) bond motifs is 1. The first kappa shape index (κ1) is 10.6. The second-order valence-electron chi connectivity index (χ2n) is 3.78. The molecular weight excluding hydrogens is 228 g/mol. The zero-order valence-electron chi connectivity index (χ0n) is 8.65. The molecule has 4 heteroatoms. The Morgan fingerprint density at radius 1 is 1.33 bits per heavy atom. The molecule has 0 amide bonds. The van der Waals surface area contributed by atoms with E-state index in [1.807, 2.05) is 31.2 Å². The molecule has 0 spiro atoms. The van der Waals surface area contributed by atoms with Gasteiger partial charge in [-0.25, -0.2) is 8.42 Å². The van der Waals surface area contributed by atoms with Crippen molar-refractivity contribution in [2.75, 3.05) is 6.26 Å². The van der Waals surface area contributed by atoms with Gasteiger partial charge in [0.05, 0.1) is 5.75 Å². The predicted octanol–water partition coefficient (Wildman–Crippen LogP) is 2.75. The number of benzene rings is 1. The summed E-state index contributed by atoms with van der Waals surface area (Å²) in [7, 11) is -2.93. The van der Waals surface area contributed by atoms with Crippen LogP contribution < -0.4 is 0 Å². The van der Waals surface area contributed by atoms with Crippen molar-refractivity contribution in [3.8, 4) is 0 Å². The summed E-state index contributed by atoms with van der Waals surface area (Å²) in [6.07, 6.45) is 1.27. The summed E-state index contributed by atoms with van der Waals surface area (Å²) in [6.45, 7) is 2.04. The maximum Gasteiger partial charge on any atom is 0.152 e. The third kappa shape index (κ3) is 2.38. The van der Waals surface area contributed by atoms with Crippen LogP contribution in [0.25, 0.3) is 10.1 Å². The predicted molar refractivity (Wildman–Crippen MR) is 65.1 cm³/mol. The molecule has 1 aromatic heterocycles. The molecule has 0 atom stereocenters. The molecule has 0 radical (unpaired) electrons. The van der Waals surface area contributed by atoms with Crippen molar-refractivity contribution in [3.63, 3.8) is 0 Å². The standard InChI is InChI=1S/C11H12O2S2/c1-8-4-3-5-9-6-10(14-11(8)9)7-15(2,12)13/h3-6H,7H2,1-2H3. The Balaban J connectivity index is 2.53. The molecule has 2 rings (SSSR count). The van der Waals surface area contributed by atoms with Crippen LogP contribution in [0.3, 0.4) is 0 Å². The zero-order valence-corrected chi connectivity index (χ0v) is 10.3. The van der Waals surface area contributed by atoms with Crippen molar-refractivity contribution in [1.29, 1.82) is 0 Å². The Morgan fingerprint density at radius 2 is 2.07 bits per heavy atom. The minimum absolute atomic E-state index is 0.145. The van der Waals surface area contributed by atoms with Crippen molar-refractivity contribution in [2.45, 2.75) is 12.7 Å². The van der Waals surface area contributed by atoms with E-state index in [1.54, 1.807) is 11.3 Å². The van der Waals surface area contributed by atoms with E-state index in [2.05, 4.69) is 0 Å². The molecular formula is C11H12O2S2. The maximum atomic E-state index is 11.2. The molecule has 0 aliphatic rings. The normalized spacial score (nSPS) is 12.1. The van der Waals surface area contributed by atoms with Crippen molar-refractivity contribution < 1.29 is 8.42 Å². The van der Waals surface area contributed by atoms with Gasteiger partial charge in [-0.2, -0.15) is 0 Å². The lowest BCUT2D eigenvalue weighted by Gasteiger charge is -1.92. The fourth-order valence-corrected chi connectivity index (χ4v) is 3.99. The van der Waals surface area contributed by atoms with Gasteiger partial charge in [0.1, 0.15) is 0 Å².